The number of hydrogen-bond donors (Lipinski definition) is 2. The number of thioether (sulfide) groups is 1. The third-order valence-corrected chi connectivity index (χ3v) is 4.73. The lowest BCUT2D eigenvalue weighted by molar-refractivity contribution is -0.113. The molecule has 2 N–H and O–H groups in total. The number of nitrogens with one attached hydrogen (secondary N) is 2. The summed E-state index contributed by atoms with van der Waals surface area (Å²) in [6, 6.07) is 10.4. The highest BCUT2D eigenvalue weighted by Gasteiger charge is 2.11. The molecule has 4 nitrogen and oxygen atoms in total. The Morgan fingerprint density at radius 1 is 1.17 bits per heavy atom. The van der Waals surface area contributed by atoms with Crippen LogP contribution in [-0.4, -0.2) is 21.6 Å². The molecule has 0 aliphatic carbocycles. The van der Waals surface area contributed by atoms with E-state index in [0.717, 1.165) is 11.0 Å². The van der Waals surface area contributed by atoms with E-state index in [-0.39, 0.29) is 11.7 Å². The number of carbonyl (C=O) groups excluding carboxylic acids is 1. The van der Waals surface area contributed by atoms with Crippen LogP contribution in [0.15, 0.2) is 41.6 Å². The van der Waals surface area contributed by atoms with Crippen LogP contribution in [-0.2, 0) is 4.79 Å². The second kappa shape index (κ2) is 7.01. The fourth-order valence-corrected chi connectivity index (χ4v) is 3.30. The number of benzene rings is 2. The Morgan fingerprint density at radius 3 is 2.65 bits per heavy atom. The molecule has 0 bridgehead atoms. The molecule has 8 heteroatoms. The van der Waals surface area contributed by atoms with Crippen LogP contribution in [0.4, 0.5) is 5.69 Å². The largest absolute Gasteiger partial charge is 0.333 e. The van der Waals surface area contributed by atoms with Crippen LogP contribution in [0.2, 0.25) is 15.1 Å². The van der Waals surface area contributed by atoms with Crippen LogP contribution in [0.5, 0.6) is 0 Å². The van der Waals surface area contributed by atoms with Crippen LogP contribution in [0.1, 0.15) is 0 Å². The molecule has 0 fully saturated rings. The molecule has 0 saturated carbocycles. The molecule has 3 rings (SSSR count). The Balaban J connectivity index is 1.66. The molecule has 0 saturated heterocycles. The van der Waals surface area contributed by atoms with E-state index >= 15 is 0 Å². The fraction of sp³-hybridized carbons (Fsp3) is 0.0667. The molecule has 1 aromatic heterocycles. The molecule has 23 heavy (non-hydrogen) atoms. The first-order valence-electron chi connectivity index (χ1n) is 6.55. The van der Waals surface area contributed by atoms with Gasteiger partial charge in [0.2, 0.25) is 5.91 Å². The highest BCUT2D eigenvalue weighted by molar-refractivity contribution is 7.99. The number of anilines is 1. The predicted octanol–water partition coefficient (Wildman–Crippen LogP) is 5.25. The van der Waals surface area contributed by atoms with E-state index in [0.29, 0.717) is 25.9 Å². The van der Waals surface area contributed by atoms with Gasteiger partial charge in [0, 0.05) is 5.02 Å². The zero-order valence-electron chi connectivity index (χ0n) is 11.6. The van der Waals surface area contributed by atoms with Gasteiger partial charge in [0.25, 0.3) is 0 Å². The minimum Gasteiger partial charge on any atom is -0.333 e. The lowest BCUT2D eigenvalue weighted by Crippen LogP contribution is -2.14. The van der Waals surface area contributed by atoms with Gasteiger partial charge >= 0.3 is 0 Å². The van der Waals surface area contributed by atoms with Gasteiger partial charge in [-0.05, 0) is 30.3 Å². The number of imidazole rings is 1. The van der Waals surface area contributed by atoms with E-state index in [2.05, 4.69) is 15.3 Å². The molecule has 1 heterocycles. The van der Waals surface area contributed by atoms with E-state index in [1.165, 1.54) is 11.8 Å². The molecule has 0 unspecified atom stereocenters. The molecule has 2 aromatic carbocycles. The lowest BCUT2D eigenvalue weighted by atomic mass is 10.3. The number of halogens is 3. The summed E-state index contributed by atoms with van der Waals surface area (Å²) in [7, 11) is 0. The van der Waals surface area contributed by atoms with Crippen LogP contribution in [0.3, 0.4) is 0 Å². The molecule has 118 valence electrons. The van der Waals surface area contributed by atoms with Crippen molar-refractivity contribution in [2.75, 3.05) is 11.1 Å². The van der Waals surface area contributed by atoms with E-state index in [1.807, 2.05) is 6.07 Å². The quantitative estimate of drug-likeness (QED) is 0.602. The summed E-state index contributed by atoms with van der Waals surface area (Å²) in [4.78, 5) is 19.5. The van der Waals surface area contributed by atoms with Crippen LogP contribution < -0.4 is 5.32 Å². The summed E-state index contributed by atoms with van der Waals surface area (Å²) < 4.78 is 0. The van der Waals surface area contributed by atoms with Crippen LogP contribution in [0.25, 0.3) is 11.0 Å². The zero-order chi connectivity index (χ0) is 16.4. The maximum absolute atomic E-state index is 12.0. The topological polar surface area (TPSA) is 57.8 Å². The van der Waals surface area contributed by atoms with Crippen molar-refractivity contribution in [3.8, 4) is 0 Å². The van der Waals surface area contributed by atoms with Gasteiger partial charge in [-0.2, -0.15) is 0 Å². The van der Waals surface area contributed by atoms with Crippen LogP contribution in [0, 0.1) is 0 Å². The molecule has 0 aliphatic rings. The SMILES string of the molecule is O=C(CSc1nc2ccc(Cl)cc2[nH]1)Nc1c(Cl)cccc1Cl. The third kappa shape index (κ3) is 3.93. The molecule has 0 spiro atoms. The highest BCUT2D eigenvalue weighted by Crippen LogP contribution is 2.30. The third-order valence-electron chi connectivity index (χ3n) is 2.99. The van der Waals surface area contributed by atoms with Gasteiger partial charge in [0.05, 0.1) is 32.5 Å². The Kier molecular flexibility index (Phi) is 5.02. The first kappa shape index (κ1) is 16.5. The lowest BCUT2D eigenvalue weighted by Gasteiger charge is -2.08. The fourth-order valence-electron chi connectivity index (χ4n) is 1.95. The normalized spacial score (nSPS) is 10.9. The van der Waals surface area contributed by atoms with Crippen molar-refractivity contribution in [2.24, 2.45) is 0 Å². The summed E-state index contributed by atoms with van der Waals surface area (Å²) in [6.45, 7) is 0. The second-order valence-electron chi connectivity index (χ2n) is 4.64. The molecule has 0 radical (unpaired) electrons. The Hall–Kier alpha value is -1.40. The van der Waals surface area contributed by atoms with Crippen molar-refractivity contribution in [3.05, 3.63) is 51.5 Å². The Morgan fingerprint density at radius 2 is 1.91 bits per heavy atom. The van der Waals surface area contributed by atoms with Gasteiger partial charge in [-0.25, -0.2) is 4.98 Å². The number of aromatic nitrogens is 2. The van der Waals surface area contributed by atoms with Crippen LogP contribution >= 0.6 is 46.6 Å². The maximum atomic E-state index is 12.0. The standard InChI is InChI=1S/C15H10Cl3N3OS/c16-8-4-5-11-12(6-8)20-15(19-11)23-7-13(22)21-14-9(17)2-1-3-10(14)18/h1-6H,7H2,(H,19,20)(H,21,22). The van der Waals surface area contributed by atoms with Crippen molar-refractivity contribution >= 4 is 69.2 Å². The predicted molar refractivity (Wildman–Crippen MR) is 96.9 cm³/mol. The zero-order valence-corrected chi connectivity index (χ0v) is 14.7. The van der Waals surface area contributed by atoms with E-state index in [1.54, 1.807) is 30.3 Å². The second-order valence-corrected chi connectivity index (χ2v) is 6.85. The first-order valence-corrected chi connectivity index (χ1v) is 8.67. The van der Waals surface area contributed by atoms with E-state index < -0.39 is 0 Å². The number of nitrogens with zero attached hydrogens (tertiary/aromatic N) is 1. The molecular formula is C15H10Cl3N3OS. The first-order chi connectivity index (χ1) is 11.0. The molecular weight excluding hydrogens is 377 g/mol. The smallest absolute Gasteiger partial charge is 0.234 e. The van der Waals surface area contributed by atoms with Gasteiger partial charge in [-0.15, -0.1) is 0 Å². The number of aromatic amines is 1. The number of rotatable bonds is 4. The minimum absolute atomic E-state index is 0.176. The summed E-state index contributed by atoms with van der Waals surface area (Å²) in [5.74, 6) is -0.0433. The average molecular weight is 387 g/mol. The average Bonchev–Trinajstić information content (AvgIpc) is 2.91. The van der Waals surface area contributed by atoms with Gasteiger partial charge in [-0.1, -0.05) is 52.6 Å². The summed E-state index contributed by atoms with van der Waals surface area (Å²) in [5, 5.41) is 4.77. The maximum Gasteiger partial charge on any atom is 0.234 e. The summed E-state index contributed by atoms with van der Waals surface area (Å²) in [5.41, 5.74) is 2.04. The van der Waals surface area contributed by atoms with Crippen molar-refractivity contribution in [3.63, 3.8) is 0 Å². The number of para-hydroxylation sites is 1. The molecule has 1 amide bonds. The minimum atomic E-state index is -0.219. The molecule has 3 aromatic rings. The van der Waals surface area contributed by atoms with Gasteiger partial charge in [0.1, 0.15) is 0 Å². The highest BCUT2D eigenvalue weighted by atomic mass is 35.5. The number of H-pyrrole nitrogens is 1. The molecule has 0 aliphatic heterocycles. The monoisotopic (exact) mass is 385 g/mol. The number of carbonyl (C=O) groups is 1. The van der Waals surface area contributed by atoms with Crippen molar-refractivity contribution in [1.82, 2.24) is 9.97 Å². The van der Waals surface area contributed by atoms with Gasteiger partial charge in [0.15, 0.2) is 5.16 Å². The van der Waals surface area contributed by atoms with E-state index in [9.17, 15) is 4.79 Å². The van der Waals surface area contributed by atoms with Gasteiger partial charge < -0.3 is 10.3 Å². The molecule has 0 atom stereocenters. The Labute approximate surface area is 151 Å². The summed E-state index contributed by atoms with van der Waals surface area (Å²) >= 11 is 19.3. The van der Waals surface area contributed by atoms with E-state index in [4.69, 9.17) is 34.8 Å². The number of amides is 1. The summed E-state index contributed by atoms with van der Waals surface area (Å²) in [6.07, 6.45) is 0. The number of fused-ring (bicyclic) bond motifs is 1. The van der Waals surface area contributed by atoms with Gasteiger partial charge in [-0.3, -0.25) is 4.79 Å². The van der Waals surface area contributed by atoms with Crippen molar-refractivity contribution in [2.45, 2.75) is 5.16 Å². The van der Waals surface area contributed by atoms with Crippen molar-refractivity contribution in [1.29, 1.82) is 0 Å². The Bertz CT molecular complexity index is 861. The van der Waals surface area contributed by atoms with Crippen molar-refractivity contribution < 1.29 is 4.79 Å². The number of hydrogen-bond acceptors (Lipinski definition) is 3.